The second-order valence-corrected chi connectivity index (χ2v) is 7.22. The standard InChI is InChI=1S/C17H17F2N3O3S/c1-2-22-13-9(15(24)11-16(25)20-26-17(11)22)7-10(18)14(12(13)19)21-5-3-8(23)4-6-21/h7-8,23H,2-6H2,1H3,(H,20,25). The first kappa shape index (κ1) is 17.2. The van der Waals surface area contributed by atoms with Crippen molar-refractivity contribution in [1.82, 2.24) is 8.94 Å². The van der Waals surface area contributed by atoms with Crippen LogP contribution in [-0.4, -0.2) is 33.2 Å². The molecule has 26 heavy (non-hydrogen) atoms. The van der Waals surface area contributed by atoms with Gasteiger partial charge in [-0.15, -0.1) is 0 Å². The number of fused-ring (bicyclic) bond motifs is 2. The lowest BCUT2D eigenvalue weighted by Crippen LogP contribution is -2.37. The maximum Gasteiger partial charge on any atom is 0.271 e. The van der Waals surface area contributed by atoms with Crippen LogP contribution in [0.15, 0.2) is 15.7 Å². The molecule has 0 amide bonds. The Morgan fingerprint density at radius 2 is 2.00 bits per heavy atom. The molecule has 9 heteroatoms. The van der Waals surface area contributed by atoms with Crippen molar-refractivity contribution >= 4 is 38.3 Å². The first-order valence-electron chi connectivity index (χ1n) is 8.42. The molecule has 2 N–H and O–H groups in total. The van der Waals surface area contributed by atoms with Gasteiger partial charge in [0.1, 0.15) is 21.7 Å². The summed E-state index contributed by atoms with van der Waals surface area (Å²) in [6.07, 6.45) is 0.384. The lowest BCUT2D eigenvalue weighted by molar-refractivity contribution is 0.145. The average Bonchev–Trinajstić information content (AvgIpc) is 3.00. The summed E-state index contributed by atoms with van der Waals surface area (Å²) >= 11 is 0.967. The minimum Gasteiger partial charge on any atom is -0.393 e. The van der Waals surface area contributed by atoms with Gasteiger partial charge < -0.3 is 14.6 Å². The van der Waals surface area contributed by atoms with Gasteiger partial charge >= 0.3 is 0 Å². The number of hydrogen-bond donors (Lipinski definition) is 2. The summed E-state index contributed by atoms with van der Waals surface area (Å²) in [6.45, 7) is 2.75. The summed E-state index contributed by atoms with van der Waals surface area (Å²) in [5.74, 6) is -1.64. The van der Waals surface area contributed by atoms with Crippen molar-refractivity contribution in [2.24, 2.45) is 0 Å². The first-order chi connectivity index (χ1) is 12.4. The van der Waals surface area contributed by atoms with E-state index in [4.69, 9.17) is 0 Å². The fraction of sp³-hybridized carbons (Fsp3) is 0.412. The van der Waals surface area contributed by atoms with E-state index in [9.17, 15) is 19.1 Å². The number of nitrogens with zero attached hydrogens (tertiary/aromatic N) is 2. The number of anilines is 1. The summed E-state index contributed by atoms with van der Waals surface area (Å²) in [6, 6.07) is 1.02. The Morgan fingerprint density at radius 1 is 1.31 bits per heavy atom. The lowest BCUT2D eigenvalue weighted by atomic mass is 10.1. The van der Waals surface area contributed by atoms with E-state index in [1.54, 1.807) is 11.8 Å². The van der Waals surface area contributed by atoms with Gasteiger partial charge in [-0.25, -0.2) is 8.78 Å². The highest BCUT2D eigenvalue weighted by atomic mass is 32.1. The van der Waals surface area contributed by atoms with Crippen LogP contribution >= 0.6 is 11.5 Å². The van der Waals surface area contributed by atoms with Crippen LogP contribution in [0.25, 0.3) is 21.1 Å². The van der Waals surface area contributed by atoms with Crippen LogP contribution < -0.4 is 15.9 Å². The number of H-pyrrole nitrogens is 1. The molecule has 0 bridgehead atoms. The number of pyridine rings is 1. The summed E-state index contributed by atoms with van der Waals surface area (Å²) in [5.41, 5.74) is -1.40. The van der Waals surface area contributed by atoms with Gasteiger partial charge in [-0.05, 0) is 37.4 Å². The second-order valence-electron chi connectivity index (χ2n) is 6.42. The first-order valence-corrected chi connectivity index (χ1v) is 9.24. The third-order valence-electron chi connectivity index (χ3n) is 4.93. The van der Waals surface area contributed by atoms with Crippen LogP contribution in [0.3, 0.4) is 0 Å². The molecule has 2 aromatic heterocycles. The molecule has 1 aliphatic rings. The number of aliphatic hydroxyl groups is 1. The molecule has 3 heterocycles. The average molecular weight is 381 g/mol. The molecule has 1 aromatic carbocycles. The van der Waals surface area contributed by atoms with Crippen molar-refractivity contribution in [2.75, 3.05) is 18.0 Å². The highest BCUT2D eigenvalue weighted by Gasteiger charge is 2.27. The zero-order valence-corrected chi connectivity index (χ0v) is 14.8. The molecule has 0 radical (unpaired) electrons. The van der Waals surface area contributed by atoms with E-state index >= 15 is 4.39 Å². The van der Waals surface area contributed by atoms with Gasteiger partial charge in [0.25, 0.3) is 5.56 Å². The molecule has 1 fully saturated rings. The van der Waals surface area contributed by atoms with Gasteiger partial charge in [-0.2, -0.15) is 0 Å². The molecule has 0 atom stereocenters. The Kier molecular flexibility index (Phi) is 4.07. The summed E-state index contributed by atoms with van der Waals surface area (Å²) in [7, 11) is 0. The van der Waals surface area contributed by atoms with Crippen molar-refractivity contribution in [3.8, 4) is 0 Å². The topological polar surface area (TPSA) is 78.3 Å². The summed E-state index contributed by atoms with van der Waals surface area (Å²) in [5, 5.41) is 9.42. The van der Waals surface area contributed by atoms with E-state index < -0.39 is 28.7 Å². The highest BCUT2D eigenvalue weighted by Crippen LogP contribution is 2.33. The Balaban J connectivity index is 2.07. The van der Waals surface area contributed by atoms with Crippen molar-refractivity contribution in [3.05, 3.63) is 38.3 Å². The molecule has 4 rings (SSSR count). The van der Waals surface area contributed by atoms with Crippen LogP contribution in [0.5, 0.6) is 0 Å². The molecule has 1 aliphatic heterocycles. The number of aromatic nitrogens is 2. The van der Waals surface area contributed by atoms with E-state index in [2.05, 4.69) is 4.37 Å². The second kappa shape index (κ2) is 6.17. The Hall–Kier alpha value is -2.26. The number of aromatic amines is 1. The fourth-order valence-electron chi connectivity index (χ4n) is 3.64. The third kappa shape index (κ3) is 2.38. The largest absolute Gasteiger partial charge is 0.393 e. The van der Waals surface area contributed by atoms with E-state index in [1.165, 1.54) is 4.57 Å². The molecule has 0 aliphatic carbocycles. The Bertz CT molecular complexity index is 1130. The van der Waals surface area contributed by atoms with Crippen molar-refractivity contribution < 1.29 is 13.9 Å². The molecule has 138 valence electrons. The molecule has 0 unspecified atom stereocenters. The minimum atomic E-state index is -0.836. The minimum absolute atomic E-state index is 0.00257. The Morgan fingerprint density at radius 3 is 2.65 bits per heavy atom. The van der Waals surface area contributed by atoms with Gasteiger partial charge in [0.2, 0.25) is 5.43 Å². The lowest BCUT2D eigenvalue weighted by Gasteiger charge is -2.32. The van der Waals surface area contributed by atoms with Crippen molar-refractivity contribution in [1.29, 1.82) is 0 Å². The van der Waals surface area contributed by atoms with Crippen LogP contribution in [0.2, 0.25) is 0 Å². The third-order valence-corrected chi connectivity index (χ3v) is 5.84. The van der Waals surface area contributed by atoms with E-state index in [0.29, 0.717) is 37.3 Å². The van der Waals surface area contributed by atoms with Crippen LogP contribution in [0.1, 0.15) is 19.8 Å². The zero-order chi connectivity index (χ0) is 18.6. The Labute approximate surface area is 150 Å². The van der Waals surface area contributed by atoms with Gasteiger partial charge in [-0.1, -0.05) is 0 Å². The zero-order valence-electron chi connectivity index (χ0n) is 14.0. The fourth-order valence-corrected chi connectivity index (χ4v) is 4.55. The monoisotopic (exact) mass is 381 g/mol. The van der Waals surface area contributed by atoms with Gasteiger partial charge in [-0.3, -0.25) is 14.0 Å². The molecule has 3 aromatic rings. The summed E-state index contributed by atoms with van der Waals surface area (Å²) in [4.78, 5) is 26.5. The SMILES string of the molecule is CCn1c2s[nH]c(=O)c2c(=O)c2cc(F)c(N3CCC(O)CC3)c(F)c21. The number of piperidine rings is 1. The van der Waals surface area contributed by atoms with Crippen molar-refractivity contribution in [2.45, 2.75) is 32.4 Å². The van der Waals surface area contributed by atoms with E-state index in [0.717, 1.165) is 17.6 Å². The van der Waals surface area contributed by atoms with Crippen LogP contribution in [0.4, 0.5) is 14.5 Å². The number of halogens is 2. The number of benzene rings is 1. The van der Waals surface area contributed by atoms with Gasteiger partial charge in [0, 0.05) is 19.6 Å². The summed E-state index contributed by atoms with van der Waals surface area (Å²) < 4.78 is 34.1. The number of rotatable bonds is 2. The maximum atomic E-state index is 15.4. The molecule has 1 saturated heterocycles. The van der Waals surface area contributed by atoms with Crippen LogP contribution in [-0.2, 0) is 6.54 Å². The molecule has 0 spiro atoms. The molecular weight excluding hydrogens is 364 g/mol. The number of hydrogen-bond acceptors (Lipinski definition) is 5. The maximum absolute atomic E-state index is 15.4. The van der Waals surface area contributed by atoms with Gasteiger partial charge in [0.05, 0.1) is 17.0 Å². The normalized spacial score (nSPS) is 16.1. The smallest absolute Gasteiger partial charge is 0.271 e. The number of nitrogens with one attached hydrogen (secondary N) is 1. The molecule has 6 nitrogen and oxygen atoms in total. The number of aliphatic hydroxyl groups excluding tert-OH is 1. The molecular formula is C17H17F2N3O3S. The van der Waals surface area contributed by atoms with Gasteiger partial charge in [0.15, 0.2) is 5.82 Å². The number of aryl methyl sites for hydroxylation is 1. The quantitative estimate of drug-likeness (QED) is 0.713. The van der Waals surface area contributed by atoms with E-state index in [-0.39, 0.29) is 22.0 Å². The highest BCUT2D eigenvalue weighted by molar-refractivity contribution is 7.12. The van der Waals surface area contributed by atoms with Crippen molar-refractivity contribution in [3.63, 3.8) is 0 Å². The molecule has 0 saturated carbocycles. The van der Waals surface area contributed by atoms with Crippen LogP contribution in [0, 0.1) is 11.6 Å². The predicted molar refractivity (Wildman–Crippen MR) is 97.3 cm³/mol. The predicted octanol–water partition coefficient (Wildman–Crippen LogP) is 2.16. The van der Waals surface area contributed by atoms with E-state index in [1.807, 2.05) is 0 Å².